The fourth-order valence-electron chi connectivity index (χ4n) is 4.37. The van der Waals surface area contributed by atoms with Crippen LogP contribution in [0.5, 0.6) is 5.75 Å². The van der Waals surface area contributed by atoms with Gasteiger partial charge in [-0.15, -0.1) is 0 Å². The Morgan fingerprint density at radius 1 is 1.15 bits per heavy atom. The minimum atomic E-state index is -0.404. The van der Waals surface area contributed by atoms with Crippen molar-refractivity contribution in [1.82, 2.24) is 4.90 Å². The molecule has 2 heterocycles. The average molecular weight is 468 g/mol. The molecule has 180 valence electrons. The maximum absolute atomic E-state index is 13.3. The van der Waals surface area contributed by atoms with Crippen molar-refractivity contribution >= 4 is 29.3 Å². The Hall–Kier alpha value is -3.59. The third-order valence-electron chi connectivity index (χ3n) is 6.28. The van der Waals surface area contributed by atoms with Crippen molar-refractivity contribution in [2.75, 3.05) is 31.4 Å². The Morgan fingerprint density at radius 3 is 2.71 bits per heavy atom. The molecule has 34 heavy (non-hydrogen) atoms. The summed E-state index contributed by atoms with van der Waals surface area (Å²) >= 11 is 0. The molecular formula is C25H29N3O6. The number of para-hydroxylation sites is 1. The lowest BCUT2D eigenvalue weighted by molar-refractivity contribution is -0.151. The number of carbonyl (C=O) groups excluding carboxylic acids is 3. The Labute approximate surface area is 198 Å². The first-order valence-corrected chi connectivity index (χ1v) is 11.3. The minimum Gasteiger partial charge on any atom is -0.490 e. The molecule has 1 fully saturated rings. The van der Waals surface area contributed by atoms with E-state index in [1.807, 2.05) is 31.2 Å². The first-order valence-electron chi connectivity index (χ1n) is 11.3. The third kappa shape index (κ3) is 5.14. The molecule has 0 aromatic heterocycles. The summed E-state index contributed by atoms with van der Waals surface area (Å²) in [6, 6.07) is 11.9. The zero-order valence-corrected chi connectivity index (χ0v) is 19.5. The molecule has 2 aliphatic heterocycles. The molecule has 9 nitrogen and oxygen atoms in total. The second-order valence-electron chi connectivity index (χ2n) is 8.55. The number of nitrogens with zero attached hydrogens (tertiary/aromatic N) is 1. The van der Waals surface area contributed by atoms with Gasteiger partial charge in [-0.1, -0.05) is 18.2 Å². The smallest absolute Gasteiger partial charge is 0.323 e. The van der Waals surface area contributed by atoms with Crippen molar-refractivity contribution in [2.45, 2.75) is 44.4 Å². The van der Waals surface area contributed by atoms with Crippen LogP contribution in [-0.2, 0) is 14.3 Å². The molecule has 3 amide bonds. The van der Waals surface area contributed by atoms with E-state index in [1.54, 1.807) is 30.1 Å². The van der Waals surface area contributed by atoms with E-state index >= 15 is 0 Å². The zero-order valence-electron chi connectivity index (χ0n) is 19.5. The maximum atomic E-state index is 13.3. The number of amides is 3. The molecule has 2 aromatic rings. The number of rotatable bonds is 4. The van der Waals surface area contributed by atoms with Crippen LogP contribution in [-0.4, -0.2) is 61.8 Å². The summed E-state index contributed by atoms with van der Waals surface area (Å²) in [7, 11) is 3.09. The molecule has 2 aliphatic rings. The first kappa shape index (κ1) is 23.6. The summed E-state index contributed by atoms with van der Waals surface area (Å²) in [6.07, 6.45) is 0.875. The van der Waals surface area contributed by atoms with Gasteiger partial charge in [0.2, 0.25) is 0 Å². The van der Waals surface area contributed by atoms with Crippen molar-refractivity contribution in [2.24, 2.45) is 0 Å². The summed E-state index contributed by atoms with van der Waals surface area (Å²) in [5.74, 6) is -0.127. The molecule has 1 saturated heterocycles. The zero-order chi connectivity index (χ0) is 24.2. The van der Waals surface area contributed by atoms with E-state index in [0.717, 1.165) is 5.56 Å². The van der Waals surface area contributed by atoms with E-state index in [1.165, 1.54) is 7.11 Å². The van der Waals surface area contributed by atoms with Crippen LogP contribution in [0.2, 0.25) is 0 Å². The molecule has 3 atom stereocenters. The molecule has 9 heteroatoms. The summed E-state index contributed by atoms with van der Waals surface area (Å²) in [6.45, 7) is 2.15. The predicted molar refractivity (Wildman–Crippen MR) is 126 cm³/mol. The number of hydrogen-bond donors (Lipinski definition) is 2. The van der Waals surface area contributed by atoms with Gasteiger partial charge in [0.1, 0.15) is 18.5 Å². The van der Waals surface area contributed by atoms with Crippen molar-refractivity contribution in [3.8, 4) is 5.75 Å². The van der Waals surface area contributed by atoms with Crippen LogP contribution in [0, 0.1) is 6.92 Å². The lowest BCUT2D eigenvalue weighted by atomic mass is 9.94. The highest BCUT2D eigenvalue weighted by atomic mass is 16.5. The van der Waals surface area contributed by atoms with Gasteiger partial charge in [0.05, 0.1) is 31.2 Å². The number of urea groups is 1. The van der Waals surface area contributed by atoms with E-state index in [0.29, 0.717) is 35.5 Å². The number of hydrogen-bond acceptors (Lipinski definition) is 6. The standard InChI is InChI=1S/C25H29N3O6/c1-15-6-4-5-7-19(15)27-25(31)26-16-8-11-21-18(12-16)24(30)28(2)20-10-9-17(13-23(29)32-3)34-22(20)14-33-21/h4-8,11-12,17,20,22H,9-10,13-14H2,1-3H3,(H2,26,27,31)/t17-,20+,22-/m1/s1. The molecule has 0 bridgehead atoms. The number of fused-ring (bicyclic) bond motifs is 2. The molecule has 0 radical (unpaired) electrons. The number of methoxy groups -OCH3 is 1. The van der Waals surface area contributed by atoms with Crippen LogP contribution in [0.4, 0.5) is 16.2 Å². The minimum absolute atomic E-state index is 0.174. The van der Waals surface area contributed by atoms with Gasteiger partial charge in [-0.25, -0.2) is 4.79 Å². The lowest BCUT2D eigenvalue weighted by Crippen LogP contribution is -2.53. The van der Waals surface area contributed by atoms with Gasteiger partial charge < -0.3 is 29.7 Å². The summed E-state index contributed by atoms with van der Waals surface area (Å²) < 4.78 is 16.8. The largest absolute Gasteiger partial charge is 0.490 e. The quantitative estimate of drug-likeness (QED) is 0.666. The van der Waals surface area contributed by atoms with Gasteiger partial charge in [0.25, 0.3) is 5.91 Å². The van der Waals surface area contributed by atoms with Crippen LogP contribution < -0.4 is 15.4 Å². The molecule has 4 rings (SSSR count). The monoisotopic (exact) mass is 467 g/mol. The topological polar surface area (TPSA) is 106 Å². The molecule has 0 aliphatic carbocycles. The SMILES string of the molecule is COC(=O)C[C@H]1CC[C@H]2[C@@H](COc3ccc(NC(=O)Nc4ccccc4C)cc3C(=O)N2C)O1. The van der Waals surface area contributed by atoms with Crippen LogP contribution >= 0.6 is 0 Å². The Morgan fingerprint density at radius 2 is 1.94 bits per heavy atom. The van der Waals surface area contributed by atoms with Gasteiger partial charge in [-0.3, -0.25) is 9.59 Å². The van der Waals surface area contributed by atoms with Crippen LogP contribution in [0.15, 0.2) is 42.5 Å². The van der Waals surface area contributed by atoms with E-state index in [2.05, 4.69) is 10.6 Å². The predicted octanol–water partition coefficient (Wildman–Crippen LogP) is 3.58. The van der Waals surface area contributed by atoms with E-state index in [-0.39, 0.29) is 43.2 Å². The first-order chi connectivity index (χ1) is 16.4. The van der Waals surface area contributed by atoms with Gasteiger partial charge in [0, 0.05) is 18.4 Å². The molecule has 0 unspecified atom stereocenters. The normalized spacial score (nSPS) is 21.8. The van der Waals surface area contributed by atoms with Crippen molar-refractivity contribution in [1.29, 1.82) is 0 Å². The Balaban J connectivity index is 1.48. The Kier molecular flexibility index (Phi) is 7.02. The van der Waals surface area contributed by atoms with Gasteiger partial charge in [-0.2, -0.15) is 0 Å². The number of aryl methyl sites for hydroxylation is 1. The van der Waals surface area contributed by atoms with E-state index < -0.39 is 6.03 Å². The second-order valence-corrected chi connectivity index (χ2v) is 8.55. The van der Waals surface area contributed by atoms with Crippen LogP contribution in [0.25, 0.3) is 0 Å². The number of carbonyl (C=O) groups is 3. The fourth-order valence-corrected chi connectivity index (χ4v) is 4.37. The molecule has 2 aromatic carbocycles. The number of ether oxygens (including phenoxy) is 3. The van der Waals surface area contributed by atoms with Crippen LogP contribution in [0.1, 0.15) is 35.2 Å². The van der Waals surface area contributed by atoms with E-state index in [4.69, 9.17) is 14.2 Å². The average Bonchev–Trinajstić information content (AvgIpc) is 2.83. The van der Waals surface area contributed by atoms with Crippen molar-refractivity contribution in [3.63, 3.8) is 0 Å². The summed E-state index contributed by atoms with van der Waals surface area (Å²) in [5.41, 5.74) is 2.50. The number of benzene rings is 2. The highest BCUT2D eigenvalue weighted by Gasteiger charge is 2.39. The number of esters is 1. The summed E-state index contributed by atoms with van der Waals surface area (Å²) in [4.78, 5) is 39.1. The lowest BCUT2D eigenvalue weighted by Gasteiger charge is -2.42. The van der Waals surface area contributed by atoms with E-state index in [9.17, 15) is 14.4 Å². The van der Waals surface area contributed by atoms with Crippen molar-refractivity contribution < 1.29 is 28.6 Å². The fraction of sp³-hybridized carbons (Fsp3) is 0.400. The van der Waals surface area contributed by atoms with Gasteiger partial charge in [0.15, 0.2) is 0 Å². The molecular weight excluding hydrogens is 438 g/mol. The number of nitrogens with one attached hydrogen (secondary N) is 2. The molecule has 2 N–H and O–H groups in total. The molecule has 0 spiro atoms. The van der Waals surface area contributed by atoms with Gasteiger partial charge in [-0.05, 0) is 49.6 Å². The third-order valence-corrected chi connectivity index (χ3v) is 6.28. The highest BCUT2D eigenvalue weighted by Crippen LogP contribution is 2.32. The summed E-state index contributed by atoms with van der Waals surface area (Å²) in [5, 5.41) is 5.59. The molecule has 0 saturated carbocycles. The number of likely N-dealkylation sites (N-methyl/N-ethyl adjacent to an activating group) is 1. The van der Waals surface area contributed by atoms with Crippen molar-refractivity contribution in [3.05, 3.63) is 53.6 Å². The van der Waals surface area contributed by atoms with Crippen LogP contribution in [0.3, 0.4) is 0 Å². The maximum Gasteiger partial charge on any atom is 0.323 e. The highest BCUT2D eigenvalue weighted by molar-refractivity contribution is 6.02. The number of anilines is 2. The second kappa shape index (κ2) is 10.1. The van der Waals surface area contributed by atoms with Gasteiger partial charge >= 0.3 is 12.0 Å². The Bertz CT molecular complexity index is 1090.